The van der Waals surface area contributed by atoms with Gasteiger partial charge in [-0.15, -0.1) is 5.10 Å². The lowest BCUT2D eigenvalue weighted by molar-refractivity contribution is 0.278. The number of nitrogens with one attached hydrogen (secondary N) is 1. The highest BCUT2D eigenvalue weighted by Gasteiger charge is 2.40. The molecule has 0 spiro atoms. The molecule has 0 amide bonds. The van der Waals surface area contributed by atoms with Crippen molar-refractivity contribution in [3.8, 4) is 11.6 Å². The van der Waals surface area contributed by atoms with E-state index in [1.165, 1.54) is 4.68 Å². The predicted molar refractivity (Wildman–Crippen MR) is 107 cm³/mol. The Bertz CT molecular complexity index is 1040. The Morgan fingerprint density at radius 2 is 2.10 bits per heavy atom. The molecule has 0 aliphatic heterocycles. The summed E-state index contributed by atoms with van der Waals surface area (Å²) in [4.78, 5) is 16.8. The first-order valence-electron chi connectivity index (χ1n) is 9.47. The lowest BCUT2D eigenvalue weighted by Gasteiger charge is -2.11. The summed E-state index contributed by atoms with van der Waals surface area (Å²) in [6, 6.07) is 7.47. The third-order valence-electron chi connectivity index (χ3n) is 5.17. The second kappa shape index (κ2) is 7.94. The SMILES string of the molecule is COc1ccc(C2CC2COc2cc(NCc3ccnn3C)c(=O)n(C)n2)nc1. The molecule has 2 unspecified atom stereocenters. The van der Waals surface area contributed by atoms with Gasteiger partial charge in [0.1, 0.15) is 11.4 Å². The van der Waals surface area contributed by atoms with E-state index < -0.39 is 0 Å². The van der Waals surface area contributed by atoms with Crippen LogP contribution in [0.4, 0.5) is 5.69 Å². The van der Waals surface area contributed by atoms with Gasteiger partial charge in [0, 0.05) is 43.9 Å². The molecule has 0 aromatic carbocycles. The minimum Gasteiger partial charge on any atom is -0.495 e. The maximum absolute atomic E-state index is 12.3. The van der Waals surface area contributed by atoms with Gasteiger partial charge < -0.3 is 14.8 Å². The van der Waals surface area contributed by atoms with E-state index in [0.717, 1.165) is 23.6 Å². The topological polar surface area (TPSA) is 96.1 Å². The minimum atomic E-state index is -0.203. The molecule has 3 aromatic heterocycles. The van der Waals surface area contributed by atoms with Gasteiger partial charge in [-0.3, -0.25) is 14.5 Å². The highest BCUT2D eigenvalue weighted by Crippen LogP contribution is 2.46. The normalized spacial score (nSPS) is 17.8. The molecule has 4 rings (SSSR count). The Balaban J connectivity index is 1.37. The molecule has 2 atom stereocenters. The predicted octanol–water partition coefficient (Wildman–Crippen LogP) is 1.71. The van der Waals surface area contributed by atoms with Crippen LogP contribution in [-0.2, 0) is 20.6 Å². The Kier molecular flexibility index (Phi) is 5.20. The van der Waals surface area contributed by atoms with Gasteiger partial charge in [0.2, 0.25) is 5.88 Å². The largest absolute Gasteiger partial charge is 0.495 e. The number of hydrogen-bond donors (Lipinski definition) is 1. The molecule has 0 bridgehead atoms. The van der Waals surface area contributed by atoms with Crippen LogP contribution < -0.4 is 20.3 Å². The molecule has 152 valence electrons. The summed E-state index contributed by atoms with van der Waals surface area (Å²) in [6.07, 6.45) is 4.48. The highest BCUT2D eigenvalue weighted by atomic mass is 16.5. The summed E-state index contributed by atoms with van der Waals surface area (Å²) < 4.78 is 14.1. The van der Waals surface area contributed by atoms with Crippen LogP contribution in [0.5, 0.6) is 11.6 Å². The van der Waals surface area contributed by atoms with Crippen molar-refractivity contribution in [3.05, 3.63) is 58.4 Å². The Hall–Kier alpha value is -3.36. The van der Waals surface area contributed by atoms with Crippen LogP contribution in [0.3, 0.4) is 0 Å². The van der Waals surface area contributed by atoms with Crippen molar-refractivity contribution in [1.29, 1.82) is 0 Å². The van der Waals surface area contributed by atoms with Gasteiger partial charge in [-0.2, -0.15) is 5.10 Å². The zero-order valence-corrected chi connectivity index (χ0v) is 16.7. The van der Waals surface area contributed by atoms with E-state index in [9.17, 15) is 4.79 Å². The second-order valence-electron chi connectivity index (χ2n) is 7.16. The first kappa shape index (κ1) is 19.0. The van der Waals surface area contributed by atoms with Gasteiger partial charge in [-0.1, -0.05) is 0 Å². The van der Waals surface area contributed by atoms with Gasteiger partial charge in [0.25, 0.3) is 5.56 Å². The first-order chi connectivity index (χ1) is 14.0. The average Bonchev–Trinajstić information content (AvgIpc) is 3.40. The van der Waals surface area contributed by atoms with Crippen molar-refractivity contribution in [2.45, 2.75) is 18.9 Å². The number of rotatable bonds is 8. The molecule has 9 heteroatoms. The van der Waals surface area contributed by atoms with Crippen LogP contribution in [0.2, 0.25) is 0 Å². The molecule has 29 heavy (non-hydrogen) atoms. The molecule has 1 N–H and O–H groups in total. The molecule has 1 aliphatic rings. The molecule has 3 heterocycles. The van der Waals surface area contributed by atoms with E-state index in [1.54, 1.807) is 37.3 Å². The summed E-state index contributed by atoms with van der Waals surface area (Å²) in [5, 5.41) is 11.5. The van der Waals surface area contributed by atoms with Crippen molar-refractivity contribution < 1.29 is 9.47 Å². The van der Waals surface area contributed by atoms with Crippen LogP contribution in [0.1, 0.15) is 23.7 Å². The molecular weight excluding hydrogens is 372 g/mol. The summed E-state index contributed by atoms with van der Waals surface area (Å²) in [5.74, 6) is 1.95. The Morgan fingerprint density at radius 3 is 2.79 bits per heavy atom. The zero-order chi connectivity index (χ0) is 20.4. The van der Waals surface area contributed by atoms with Crippen molar-refractivity contribution in [3.63, 3.8) is 0 Å². The molecule has 1 saturated carbocycles. The summed E-state index contributed by atoms with van der Waals surface area (Å²) >= 11 is 0. The lowest BCUT2D eigenvalue weighted by atomic mass is 10.2. The fourth-order valence-electron chi connectivity index (χ4n) is 3.26. The fraction of sp³-hybridized carbons (Fsp3) is 0.400. The standard InChI is InChI=1S/C20H24N6O3/c1-25-14(6-7-23-25)10-21-18-9-19(24-26(2)20(18)27)29-12-13-8-16(13)17-5-4-15(28-3)11-22-17/h4-7,9,11,13,16,21H,8,10,12H2,1-3H3. The maximum Gasteiger partial charge on any atom is 0.290 e. The van der Waals surface area contributed by atoms with Crippen molar-refractivity contribution >= 4 is 5.69 Å². The van der Waals surface area contributed by atoms with Gasteiger partial charge in [0.05, 0.1) is 32.2 Å². The molecule has 9 nitrogen and oxygen atoms in total. The van der Waals surface area contributed by atoms with Crippen molar-refractivity contribution in [2.24, 2.45) is 20.0 Å². The smallest absolute Gasteiger partial charge is 0.290 e. The number of aryl methyl sites for hydroxylation is 2. The summed E-state index contributed by atoms with van der Waals surface area (Å²) in [5.41, 5.74) is 2.26. The molecule has 0 radical (unpaired) electrons. The number of aromatic nitrogens is 5. The molecule has 3 aromatic rings. The van der Waals surface area contributed by atoms with E-state index in [-0.39, 0.29) is 5.56 Å². The third-order valence-corrected chi connectivity index (χ3v) is 5.17. The van der Waals surface area contributed by atoms with Crippen molar-refractivity contribution in [2.75, 3.05) is 19.0 Å². The molecule has 0 saturated heterocycles. The number of anilines is 1. The molecule has 1 fully saturated rings. The maximum atomic E-state index is 12.3. The van der Waals surface area contributed by atoms with Crippen LogP contribution in [0, 0.1) is 5.92 Å². The Labute approximate surface area is 168 Å². The summed E-state index contributed by atoms with van der Waals surface area (Å²) in [6.45, 7) is 1.02. The number of ether oxygens (including phenoxy) is 2. The average molecular weight is 396 g/mol. The monoisotopic (exact) mass is 396 g/mol. The Morgan fingerprint density at radius 1 is 1.24 bits per heavy atom. The van der Waals surface area contributed by atoms with Crippen LogP contribution in [0.25, 0.3) is 0 Å². The number of methoxy groups -OCH3 is 1. The first-order valence-corrected chi connectivity index (χ1v) is 9.47. The van der Waals surface area contributed by atoms with E-state index in [4.69, 9.17) is 9.47 Å². The van der Waals surface area contributed by atoms with Gasteiger partial charge in [-0.05, 0) is 24.6 Å². The van der Waals surface area contributed by atoms with E-state index in [2.05, 4.69) is 20.5 Å². The van der Waals surface area contributed by atoms with Gasteiger partial charge in [-0.25, -0.2) is 4.68 Å². The number of hydrogen-bond acceptors (Lipinski definition) is 7. The minimum absolute atomic E-state index is 0.203. The lowest BCUT2D eigenvalue weighted by Crippen LogP contribution is -2.24. The number of pyridine rings is 1. The van der Waals surface area contributed by atoms with E-state index >= 15 is 0 Å². The van der Waals surface area contributed by atoms with Gasteiger partial charge in [0.15, 0.2) is 0 Å². The zero-order valence-electron chi connectivity index (χ0n) is 16.7. The van der Waals surface area contributed by atoms with E-state index in [1.807, 2.05) is 25.2 Å². The highest BCUT2D eigenvalue weighted by molar-refractivity contribution is 5.43. The van der Waals surface area contributed by atoms with Crippen LogP contribution in [-0.4, -0.2) is 38.3 Å². The second-order valence-corrected chi connectivity index (χ2v) is 7.16. The molecular formula is C20H24N6O3. The third kappa shape index (κ3) is 4.23. The van der Waals surface area contributed by atoms with Crippen LogP contribution in [0.15, 0.2) is 41.5 Å². The fourth-order valence-corrected chi connectivity index (χ4v) is 3.26. The van der Waals surface area contributed by atoms with Gasteiger partial charge >= 0.3 is 0 Å². The van der Waals surface area contributed by atoms with Crippen LogP contribution >= 0.6 is 0 Å². The van der Waals surface area contributed by atoms with Crippen molar-refractivity contribution in [1.82, 2.24) is 24.5 Å². The number of nitrogens with zero attached hydrogens (tertiary/aromatic N) is 5. The molecule has 1 aliphatic carbocycles. The quantitative estimate of drug-likeness (QED) is 0.619. The van der Waals surface area contributed by atoms with E-state index in [0.29, 0.717) is 36.6 Å². The summed E-state index contributed by atoms with van der Waals surface area (Å²) in [7, 11) is 5.11.